The SMILES string of the molecule is FCc1nc(-n2[c-]c3ccccc3n2)cc2ccccc12.[Ir]. The van der Waals surface area contributed by atoms with Crippen molar-refractivity contribution >= 4 is 21.7 Å². The van der Waals surface area contributed by atoms with Crippen molar-refractivity contribution in [1.29, 1.82) is 0 Å². The molecule has 0 aliphatic heterocycles. The van der Waals surface area contributed by atoms with Crippen LogP contribution in [0, 0.1) is 6.20 Å². The van der Waals surface area contributed by atoms with Crippen LogP contribution in [-0.4, -0.2) is 14.8 Å². The third kappa shape index (κ3) is 2.43. The van der Waals surface area contributed by atoms with E-state index in [1.165, 1.54) is 0 Å². The van der Waals surface area contributed by atoms with Crippen molar-refractivity contribution in [3.8, 4) is 5.82 Å². The first-order valence-corrected chi connectivity index (χ1v) is 6.67. The molecule has 111 valence electrons. The van der Waals surface area contributed by atoms with Crippen molar-refractivity contribution in [3.05, 3.63) is 66.5 Å². The van der Waals surface area contributed by atoms with Crippen molar-refractivity contribution in [2.24, 2.45) is 0 Å². The molecule has 0 saturated heterocycles. The van der Waals surface area contributed by atoms with Gasteiger partial charge in [0.05, 0.1) is 11.5 Å². The summed E-state index contributed by atoms with van der Waals surface area (Å²) in [7, 11) is 0. The molecule has 0 amide bonds. The number of aromatic nitrogens is 3. The number of hydrogen-bond donors (Lipinski definition) is 0. The Bertz CT molecular complexity index is 916. The molecule has 0 N–H and O–H groups in total. The van der Waals surface area contributed by atoms with E-state index in [-0.39, 0.29) is 20.1 Å². The Labute approximate surface area is 140 Å². The summed E-state index contributed by atoms with van der Waals surface area (Å²) in [6.45, 7) is -0.602. The standard InChI is InChI=1S/C17H11FN3.Ir/c18-10-16-14-7-3-1-5-12(14)9-17(19-16)21-11-13-6-2-4-8-15(13)20-21;/h1-9H,10H2;/q-1;. The van der Waals surface area contributed by atoms with Gasteiger partial charge in [-0.2, -0.15) is 0 Å². The maximum Gasteiger partial charge on any atom is 0.131 e. The number of hydrogen-bond acceptors (Lipinski definition) is 2. The molecule has 4 rings (SSSR count). The number of fused-ring (bicyclic) bond motifs is 2. The minimum absolute atomic E-state index is 0. The molecule has 0 spiro atoms. The molecule has 5 heteroatoms. The minimum Gasteiger partial charge on any atom is -0.311 e. The zero-order valence-electron chi connectivity index (χ0n) is 11.5. The second-order valence-electron chi connectivity index (χ2n) is 4.82. The van der Waals surface area contributed by atoms with Crippen LogP contribution < -0.4 is 0 Å². The van der Waals surface area contributed by atoms with E-state index in [0.29, 0.717) is 11.5 Å². The molecule has 2 aromatic heterocycles. The van der Waals surface area contributed by atoms with Crippen molar-refractivity contribution in [2.45, 2.75) is 6.67 Å². The summed E-state index contributed by atoms with van der Waals surface area (Å²) in [5, 5.41) is 7.13. The topological polar surface area (TPSA) is 30.7 Å². The first-order valence-electron chi connectivity index (χ1n) is 6.67. The van der Waals surface area contributed by atoms with Gasteiger partial charge in [-0.05, 0) is 11.6 Å². The minimum atomic E-state index is -0.602. The van der Waals surface area contributed by atoms with Crippen molar-refractivity contribution in [2.75, 3.05) is 0 Å². The smallest absolute Gasteiger partial charge is 0.131 e. The quantitative estimate of drug-likeness (QED) is 0.419. The second-order valence-corrected chi connectivity index (χ2v) is 4.82. The zero-order chi connectivity index (χ0) is 14.2. The third-order valence-electron chi connectivity index (χ3n) is 3.49. The number of alkyl halides is 1. The molecule has 0 unspecified atom stereocenters. The molecule has 4 aromatic rings. The van der Waals surface area contributed by atoms with E-state index in [1.807, 2.05) is 54.6 Å². The van der Waals surface area contributed by atoms with Gasteiger partial charge in [-0.1, -0.05) is 42.5 Å². The van der Waals surface area contributed by atoms with Gasteiger partial charge in [0.25, 0.3) is 0 Å². The summed E-state index contributed by atoms with van der Waals surface area (Å²) in [4.78, 5) is 4.38. The average Bonchev–Trinajstić information content (AvgIpc) is 2.98. The summed E-state index contributed by atoms with van der Waals surface area (Å²) in [5.74, 6) is 0.581. The first-order chi connectivity index (χ1) is 10.3. The Morgan fingerprint density at radius 2 is 1.82 bits per heavy atom. The Hall–Kier alpha value is -2.10. The molecule has 0 aliphatic carbocycles. The number of benzene rings is 2. The fourth-order valence-corrected chi connectivity index (χ4v) is 2.48. The molecule has 0 atom stereocenters. The van der Waals surface area contributed by atoms with Crippen LogP contribution in [0.4, 0.5) is 4.39 Å². The number of rotatable bonds is 2. The van der Waals surface area contributed by atoms with Crippen molar-refractivity contribution < 1.29 is 24.5 Å². The molecule has 2 aromatic carbocycles. The van der Waals surface area contributed by atoms with Crippen LogP contribution in [0.15, 0.2) is 54.6 Å². The monoisotopic (exact) mass is 469 g/mol. The molecule has 3 nitrogen and oxygen atoms in total. The summed E-state index contributed by atoms with van der Waals surface area (Å²) >= 11 is 0. The maximum absolute atomic E-state index is 13.3. The Morgan fingerprint density at radius 1 is 1.05 bits per heavy atom. The van der Waals surface area contributed by atoms with E-state index in [9.17, 15) is 4.39 Å². The summed E-state index contributed by atoms with van der Waals surface area (Å²) < 4.78 is 14.8. The van der Waals surface area contributed by atoms with Gasteiger partial charge in [0.2, 0.25) is 0 Å². The van der Waals surface area contributed by atoms with Crippen molar-refractivity contribution in [3.63, 3.8) is 0 Å². The van der Waals surface area contributed by atoms with Gasteiger partial charge in [0, 0.05) is 31.0 Å². The van der Waals surface area contributed by atoms with E-state index >= 15 is 0 Å². The molecule has 1 radical (unpaired) electrons. The van der Waals surface area contributed by atoms with E-state index in [1.54, 1.807) is 4.68 Å². The molecule has 0 bridgehead atoms. The van der Waals surface area contributed by atoms with Crippen LogP contribution in [0.1, 0.15) is 5.69 Å². The van der Waals surface area contributed by atoms with Crippen LogP contribution in [-0.2, 0) is 26.8 Å². The summed E-state index contributed by atoms with van der Waals surface area (Å²) in [6.07, 6.45) is 3.15. The van der Waals surface area contributed by atoms with E-state index in [4.69, 9.17) is 0 Å². The normalized spacial score (nSPS) is 10.8. The molecule has 0 aliphatic rings. The molecule has 22 heavy (non-hydrogen) atoms. The fourth-order valence-electron chi connectivity index (χ4n) is 2.48. The van der Waals surface area contributed by atoms with E-state index in [2.05, 4.69) is 16.3 Å². The number of pyridine rings is 1. The summed E-state index contributed by atoms with van der Waals surface area (Å²) in [6, 6.07) is 17.3. The third-order valence-corrected chi connectivity index (χ3v) is 3.49. The summed E-state index contributed by atoms with van der Waals surface area (Å²) in [5.41, 5.74) is 1.27. The largest absolute Gasteiger partial charge is 0.311 e. The van der Waals surface area contributed by atoms with Gasteiger partial charge in [0.15, 0.2) is 0 Å². The van der Waals surface area contributed by atoms with Crippen LogP contribution in [0.2, 0.25) is 0 Å². The Kier molecular flexibility index (Phi) is 4.01. The molecule has 0 saturated carbocycles. The van der Waals surface area contributed by atoms with E-state index < -0.39 is 6.67 Å². The zero-order valence-corrected chi connectivity index (χ0v) is 13.9. The van der Waals surface area contributed by atoms with Gasteiger partial charge in [-0.3, -0.25) is 4.98 Å². The Balaban J connectivity index is 0.00000144. The van der Waals surface area contributed by atoms with Crippen LogP contribution in [0.25, 0.3) is 27.5 Å². The van der Waals surface area contributed by atoms with Crippen LogP contribution in [0.5, 0.6) is 0 Å². The van der Waals surface area contributed by atoms with Gasteiger partial charge in [-0.15, -0.1) is 17.5 Å². The van der Waals surface area contributed by atoms with Gasteiger partial charge < -0.3 is 4.68 Å². The molecular formula is C17H11FIrN3-. The van der Waals surface area contributed by atoms with Crippen molar-refractivity contribution in [1.82, 2.24) is 14.8 Å². The van der Waals surface area contributed by atoms with Gasteiger partial charge >= 0.3 is 0 Å². The average molecular weight is 469 g/mol. The molecule has 2 heterocycles. The first kappa shape index (κ1) is 14.8. The molecule has 0 fully saturated rings. The Morgan fingerprint density at radius 3 is 2.64 bits per heavy atom. The predicted molar refractivity (Wildman–Crippen MR) is 80.0 cm³/mol. The van der Waals surface area contributed by atoms with Gasteiger partial charge in [-0.25, -0.2) is 9.49 Å². The predicted octanol–water partition coefficient (Wildman–Crippen LogP) is 3.84. The number of halogens is 1. The fraction of sp³-hybridized carbons (Fsp3) is 0.0588. The van der Waals surface area contributed by atoms with E-state index in [0.717, 1.165) is 21.7 Å². The molecular weight excluding hydrogens is 457 g/mol. The van der Waals surface area contributed by atoms with Gasteiger partial charge in [0.1, 0.15) is 6.67 Å². The van der Waals surface area contributed by atoms with Crippen LogP contribution in [0.3, 0.4) is 0 Å². The second kappa shape index (κ2) is 5.95. The number of nitrogens with zero attached hydrogens (tertiary/aromatic N) is 3. The maximum atomic E-state index is 13.3. The van der Waals surface area contributed by atoms with Crippen LogP contribution >= 0.6 is 0 Å².